The lowest BCUT2D eigenvalue weighted by Crippen LogP contribution is -2.48. The zero-order valence-electron chi connectivity index (χ0n) is 19.0. The van der Waals surface area contributed by atoms with Crippen molar-refractivity contribution in [2.45, 2.75) is 44.6 Å². The van der Waals surface area contributed by atoms with E-state index in [1.165, 1.54) is 12.3 Å². The summed E-state index contributed by atoms with van der Waals surface area (Å²) in [5.74, 6) is -0.409. The van der Waals surface area contributed by atoms with Crippen molar-refractivity contribution < 1.29 is 13.9 Å². The van der Waals surface area contributed by atoms with Crippen LogP contribution in [0.1, 0.15) is 58.9 Å². The number of fused-ring (bicyclic) bond motifs is 1. The van der Waals surface area contributed by atoms with Gasteiger partial charge in [0.2, 0.25) is 5.72 Å². The summed E-state index contributed by atoms with van der Waals surface area (Å²) >= 11 is 9.52. The monoisotopic (exact) mass is 553 g/mol. The lowest BCUT2D eigenvalue weighted by atomic mass is 9.92. The van der Waals surface area contributed by atoms with E-state index in [1.54, 1.807) is 47.4 Å². The summed E-state index contributed by atoms with van der Waals surface area (Å²) in [6, 6.07) is 15.4. The number of halogens is 3. The van der Waals surface area contributed by atoms with Crippen LogP contribution in [0.3, 0.4) is 0 Å². The van der Waals surface area contributed by atoms with E-state index in [2.05, 4.69) is 27.8 Å². The molecule has 0 N–H and O–H groups in total. The standard InChI is InChI=1S/C27H22BrClFN3O2/c1-16-2-9-22(10-16)35-27(18-4-6-20(29)7-5-18)25-23(11-19(28)12-24(25)30)26(34)33(27)15-21-8-3-17(13-31)14-32-21/h3-8,11-12,14,16,22H,2,9-10,15H2,1H3. The fourth-order valence-electron chi connectivity index (χ4n) is 5.11. The summed E-state index contributed by atoms with van der Waals surface area (Å²) in [6.07, 6.45) is 3.95. The number of nitriles is 1. The van der Waals surface area contributed by atoms with E-state index in [9.17, 15) is 4.79 Å². The Morgan fingerprint density at radius 3 is 2.66 bits per heavy atom. The second kappa shape index (κ2) is 9.34. The fraction of sp³-hybridized carbons (Fsp3) is 0.296. The van der Waals surface area contributed by atoms with Gasteiger partial charge in [0.25, 0.3) is 5.91 Å². The predicted octanol–water partition coefficient (Wildman–Crippen LogP) is 6.57. The molecule has 1 aliphatic heterocycles. The average molecular weight is 555 g/mol. The normalized spacial score (nSPS) is 23.4. The first-order valence-electron chi connectivity index (χ1n) is 11.4. The molecule has 0 saturated heterocycles. The summed E-state index contributed by atoms with van der Waals surface area (Å²) in [5.41, 5.74) is 0.536. The van der Waals surface area contributed by atoms with E-state index in [0.717, 1.165) is 19.3 Å². The van der Waals surface area contributed by atoms with Crippen LogP contribution >= 0.6 is 27.5 Å². The van der Waals surface area contributed by atoms with Crippen molar-refractivity contribution in [2.75, 3.05) is 0 Å². The number of rotatable bonds is 5. The molecule has 0 bridgehead atoms. The van der Waals surface area contributed by atoms with Gasteiger partial charge >= 0.3 is 0 Å². The molecule has 35 heavy (non-hydrogen) atoms. The van der Waals surface area contributed by atoms with Crippen molar-refractivity contribution in [1.29, 1.82) is 5.26 Å². The second-order valence-corrected chi connectivity index (χ2v) is 10.5. The van der Waals surface area contributed by atoms with Crippen LogP contribution in [0.15, 0.2) is 59.2 Å². The SMILES string of the molecule is CC1CCC(OC2(c3ccc(Cl)cc3)c3c(F)cc(Br)cc3C(=O)N2Cc2ccc(C#N)cn2)C1. The lowest BCUT2D eigenvalue weighted by Gasteiger charge is -2.41. The molecule has 1 aromatic heterocycles. The van der Waals surface area contributed by atoms with Crippen molar-refractivity contribution in [3.8, 4) is 6.07 Å². The highest BCUT2D eigenvalue weighted by Gasteiger charge is 2.55. The number of nitrogens with zero attached hydrogens (tertiary/aromatic N) is 3. The third-order valence-corrected chi connectivity index (χ3v) is 7.45. The van der Waals surface area contributed by atoms with Crippen molar-refractivity contribution in [3.05, 3.63) is 98.0 Å². The lowest BCUT2D eigenvalue weighted by molar-refractivity contribution is -0.148. The Hall–Kier alpha value is -2.79. The van der Waals surface area contributed by atoms with Crippen molar-refractivity contribution in [3.63, 3.8) is 0 Å². The molecule has 3 atom stereocenters. The summed E-state index contributed by atoms with van der Waals surface area (Å²) < 4.78 is 23.1. The molecule has 178 valence electrons. The number of hydrogen-bond donors (Lipinski definition) is 0. The molecule has 1 saturated carbocycles. The highest BCUT2D eigenvalue weighted by atomic mass is 79.9. The van der Waals surface area contributed by atoms with Gasteiger partial charge in [0.15, 0.2) is 0 Å². The van der Waals surface area contributed by atoms with E-state index in [0.29, 0.717) is 32.2 Å². The average Bonchev–Trinajstić information content (AvgIpc) is 3.34. The molecular weight excluding hydrogens is 533 g/mol. The molecule has 0 radical (unpaired) electrons. The van der Waals surface area contributed by atoms with Gasteiger partial charge in [0, 0.05) is 21.3 Å². The first-order valence-corrected chi connectivity index (χ1v) is 12.6. The molecule has 5 rings (SSSR count). The van der Waals surface area contributed by atoms with Gasteiger partial charge in [0.1, 0.15) is 11.9 Å². The molecule has 2 aliphatic rings. The van der Waals surface area contributed by atoms with Gasteiger partial charge in [-0.15, -0.1) is 0 Å². The Morgan fingerprint density at radius 1 is 1.26 bits per heavy atom. The molecule has 2 heterocycles. The number of carbonyl (C=O) groups is 1. The Morgan fingerprint density at radius 2 is 2.03 bits per heavy atom. The number of aromatic nitrogens is 1. The minimum Gasteiger partial charge on any atom is -0.344 e. The number of benzene rings is 2. The van der Waals surface area contributed by atoms with Gasteiger partial charge in [-0.25, -0.2) is 4.39 Å². The van der Waals surface area contributed by atoms with E-state index in [4.69, 9.17) is 21.6 Å². The Kier molecular flexibility index (Phi) is 6.39. The fourth-order valence-corrected chi connectivity index (χ4v) is 5.66. The minimum absolute atomic E-state index is 0.0706. The van der Waals surface area contributed by atoms with Crippen LogP contribution in [0.4, 0.5) is 4.39 Å². The number of pyridine rings is 1. The largest absolute Gasteiger partial charge is 0.344 e. The third kappa shape index (κ3) is 4.24. The van der Waals surface area contributed by atoms with Crippen LogP contribution in [0, 0.1) is 23.1 Å². The molecule has 3 aromatic rings. The van der Waals surface area contributed by atoms with Crippen LogP contribution in [0.5, 0.6) is 0 Å². The maximum absolute atomic E-state index is 15.8. The Bertz CT molecular complexity index is 1330. The molecule has 8 heteroatoms. The van der Waals surface area contributed by atoms with Crippen molar-refractivity contribution in [2.24, 2.45) is 5.92 Å². The maximum atomic E-state index is 15.8. The molecule has 0 spiro atoms. The van der Waals surface area contributed by atoms with Crippen LogP contribution in [-0.2, 0) is 17.0 Å². The smallest absolute Gasteiger partial charge is 0.257 e. The molecule has 5 nitrogen and oxygen atoms in total. The Labute approximate surface area is 216 Å². The molecule has 1 aliphatic carbocycles. The van der Waals surface area contributed by atoms with E-state index in [-0.39, 0.29) is 29.7 Å². The Balaban J connectivity index is 1.72. The van der Waals surface area contributed by atoms with E-state index >= 15 is 4.39 Å². The second-order valence-electron chi connectivity index (χ2n) is 9.16. The van der Waals surface area contributed by atoms with Crippen LogP contribution < -0.4 is 0 Å². The van der Waals surface area contributed by atoms with Gasteiger partial charge in [-0.3, -0.25) is 14.7 Å². The van der Waals surface area contributed by atoms with Crippen LogP contribution in [0.25, 0.3) is 0 Å². The summed E-state index contributed by atoms with van der Waals surface area (Å²) in [4.78, 5) is 19.8. The number of amides is 1. The van der Waals surface area contributed by atoms with Gasteiger partial charge in [0.05, 0.1) is 35.0 Å². The maximum Gasteiger partial charge on any atom is 0.257 e. The number of ether oxygens (including phenoxy) is 1. The third-order valence-electron chi connectivity index (χ3n) is 6.74. The molecular formula is C27H22BrClFN3O2. The van der Waals surface area contributed by atoms with Crippen LogP contribution in [-0.4, -0.2) is 21.9 Å². The predicted molar refractivity (Wildman–Crippen MR) is 133 cm³/mol. The van der Waals surface area contributed by atoms with Gasteiger partial charge in [-0.1, -0.05) is 46.6 Å². The van der Waals surface area contributed by atoms with E-state index in [1.807, 2.05) is 6.07 Å². The van der Waals surface area contributed by atoms with Crippen molar-refractivity contribution in [1.82, 2.24) is 9.88 Å². The molecule has 2 aromatic carbocycles. The zero-order chi connectivity index (χ0) is 24.7. The summed E-state index contributed by atoms with van der Waals surface area (Å²) in [6.45, 7) is 2.24. The summed E-state index contributed by atoms with van der Waals surface area (Å²) in [5, 5.41) is 9.66. The first kappa shape index (κ1) is 23.9. The van der Waals surface area contributed by atoms with Gasteiger partial charge in [-0.2, -0.15) is 5.26 Å². The van der Waals surface area contributed by atoms with E-state index < -0.39 is 11.5 Å². The molecule has 1 amide bonds. The number of hydrogen-bond acceptors (Lipinski definition) is 4. The molecule has 3 unspecified atom stereocenters. The summed E-state index contributed by atoms with van der Waals surface area (Å²) in [7, 11) is 0. The quantitative estimate of drug-likeness (QED) is 0.358. The highest BCUT2D eigenvalue weighted by Crippen LogP contribution is 2.50. The highest BCUT2D eigenvalue weighted by molar-refractivity contribution is 9.10. The van der Waals surface area contributed by atoms with Gasteiger partial charge in [-0.05, 0) is 61.6 Å². The minimum atomic E-state index is -1.49. The first-order chi connectivity index (χ1) is 16.8. The van der Waals surface area contributed by atoms with Crippen LogP contribution in [0.2, 0.25) is 5.02 Å². The zero-order valence-corrected chi connectivity index (χ0v) is 21.3. The topological polar surface area (TPSA) is 66.2 Å². The molecule has 1 fully saturated rings. The number of carbonyl (C=O) groups excluding carboxylic acids is 1. The van der Waals surface area contributed by atoms with Crippen molar-refractivity contribution >= 4 is 33.4 Å². The van der Waals surface area contributed by atoms with Gasteiger partial charge < -0.3 is 4.74 Å².